The van der Waals surface area contributed by atoms with Gasteiger partial charge in [0.25, 0.3) is 0 Å². The molecule has 11 aliphatic rings. The van der Waals surface area contributed by atoms with Gasteiger partial charge in [-0.1, -0.05) is 55.7 Å². The van der Waals surface area contributed by atoms with Gasteiger partial charge in [-0.2, -0.15) is 0 Å². The third kappa shape index (κ3) is 5.51. The summed E-state index contributed by atoms with van der Waals surface area (Å²) in [5, 5.41) is 72.5. The lowest BCUT2D eigenvalue weighted by Gasteiger charge is -2.69. The highest BCUT2D eigenvalue weighted by Gasteiger charge is 2.81. The number of fused-ring (bicyclic) bond motifs is 2. The average molecular weight is 880 g/mol. The number of epoxide rings is 1. The summed E-state index contributed by atoms with van der Waals surface area (Å²) in [6.07, 6.45) is 7.17. The first-order chi connectivity index (χ1) is 28.9. The van der Waals surface area contributed by atoms with E-state index >= 15 is 4.79 Å². The fourth-order valence-electron chi connectivity index (χ4n) is 16.7. The maximum absolute atomic E-state index is 15.5. The van der Waals surface area contributed by atoms with Crippen LogP contribution in [0, 0.1) is 62.6 Å². The average Bonchev–Trinajstić information content (AvgIpc) is 3.78. The molecule has 8 bridgehead atoms. The van der Waals surface area contributed by atoms with E-state index in [2.05, 4.69) is 27.7 Å². The van der Waals surface area contributed by atoms with Crippen molar-refractivity contribution in [3.8, 4) is 5.75 Å². The number of allylic oxidation sites excluding steroid dienone is 1. The Hall–Kier alpha value is -1.64. The maximum Gasteiger partial charge on any atom is 0.233 e. The molecule has 4 spiro atoms. The quantitative estimate of drug-likeness (QED) is 0.139. The van der Waals surface area contributed by atoms with Crippen molar-refractivity contribution in [2.45, 2.75) is 154 Å². The molecule has 5 heterocycles. The van der Waals surface area contributed by atoms with Crippen molar-refractivity contribution < 1.29 is 45.0 Å². The number of hydrogen-bond donors (Lipinski definition) is 6. The Balaban J connectivity index is 1.13. The molecule has 6 N–H and O–H groups in total. The molecule has 1 amide bonds. The highest BCUT2D eigenvalue weighted by Crippen LogP contribution is 2.81. The Kier molecular flexibility index (Phi) is 10.2. The molecule has 1 aromatic rings. The van der Waals surface area contributed by atoms with Crippen LogP contribution >= 0.6 is 21.6 Å². The molecule has 1 aromatic carbocycles. The summed E-state index contributed by atoms with van der Waals surface area (Å²) in [6, 6.07) is 5.46. The minimum absolute atomic E-state index is 0.00971. The third-order valence-electron chi connectivity index (χ3n) is 20.3. The number of nitrogens with zero attached hydrogens (tertiary/aromatic N) is 1. The fraction of sp³-hybridized carbons (Fsp3) is 0.796. The van der Waals surface area contributed by atoms with Gasteiger partial charge in [0, 0.05) is 47.2 Å². The molecule has 5 saturated carbocycles. The second kappa shape index (κ2) is 14.4. The molecule has 6 aliphatic carbocycles. The van der Waals surface area contributed by atoms with Crippen LogP contribution in [0.4, 0.5) is 5.69 Å². The van der Waals surface area contributed by atoms with Crippen LogP contribution in [0.1, 0.15) is 117 Å². The molecule has 12 rings (SSSR count). The molecule has 0 unspecified atom stereocenters. The van der Waals surface area contributed by atoms with Gasteiger partial charge in [-0.05, 0) is 154 Å². The van der Waals surface area contributed by atoms with E-state index in [1.54, 1.807) is 39.8 Å². The van der Waals surface area contributed by atoms with Crippen molar-refractivity contribution in [1.29, 1.82) is 0 Å². The smallest absolute Gasteiger partial charge is 0.233 e. The van der Waals surface area contributed by atoms with Crippen molar-refractivity contribution in [3.63, 3.8) is 0 Å². The molecule has 2 saturated heterocycles. The normalized spacial score (nSPS) is 48.1. The van der Waals surface area contributed by atoms with Crippen molar-refractivity contribution in [1.82, 2.24) is 0 Å². The number of aromatic hydroxyl groups is 1. The molecule has 336 valence electrons. The second-order valence-corrected chi connectivity index (χ2v) is 24.8. The van der Waals surface area contributed by atoms with Gasteiger partial charge in [0.15, 0.2) is 5.78 Å². The number of benzene rings is 1. The standard InChI is InChI=1S/C49H69NO9S2/c1-27(2)28(3)40-41(59-40)43(4,57)36-11-14-49(58)37-22-38(54)47-23-35(53)39(55)34-10-13-45(37,44(34,47)5)15-16-46(36,49)12-9-29-19-32(21-33(52)20-29)50-18-17-48(42(50)56)30(24-51)7-6-8-31(48)25-60-61-26-47/h19-22,27-28,30-31,34-36,39-41,51-53,55,57-58H,6-18,23-26H2,1-5H3/t28-,30-,31+,34+,35-,36-,39+,40+,41-,43-,44-,45+,46-,47-,48-,49-/m1/s1. The second-order valence-electron chi connectivity index (χ2n) is 22.3. The SMILES string of the molecule is CC(C)[C@@H](C)[C@@H]1O[C@H]1[C@](C)(O)[C@H]1CC[C@@]2(O)C3=CC(=O)[C@]45CSSC[C@@H]6CCC[C@H](CO)[C@]67CCN(C7=O)c6cc(O)cc(c6)CC[C@@]12CC[C@@]31CC[C@@H]([C@H](O)[C@H](O)C4)[C@@]51C. The predicted octanol–water partition coefficient (Wildman–Crippen LogP) is 6.61. The van der Waals surface area contributed by atoms with Crippen molar-refractivity contribution in [2.75, 3.05) is 29.6 Å². The van der Waals surface area contributed by atoms with Gasteiger partial charge in [0.2, 0.25) is 5.91 Å². The zero-order valence-electron chi connectivity index (χ0n) is 36.8. The van der Waals surface area contributed by atoms with Gasteiger partial charge >= 0.3 is 0 Å². The minimum Gasteiger partial charge on any atom is -0.508 e. The number of aryl methyl sites for hydroxylation is 1. The Morgan fingerprint density at radius 1 is 0.967 bits per heavy atom. The van der Waals surface area contributed by atoms with Gasteiger partial charge in [-0.15, -0.1) is 0 Å². The molecule has 16 atom stereocenters. The van der Waals surface area contributed by atoms with E-state index in [0.29, 0.717) is 87.4 Å². The summed E-state index contributed by atoms with van der Waals surface area (Å²) in [6.45, 7) is 11.1. The fourth-order valence-corrected chi connectivity index (χ4v) is 19.9. The number of ether oxygens (including phenoxy) is 1. The molecule has 0 aromatic heterocycles. The van der Waals surface area contributed by atoms with Crippen molar-refractivity contribution >= 4 is 39.0 Å². The van der Waals surface area contributed by atoms with E-state index in [0.717, 1.165) is 30.4 Å². The van der Waals surface area contributed by atoms with Gasteiger partial charge in [-0.3, -0.25) is 9.59 Å². The Labute approximate surface area is 369 Å². The van der Waals surface area contributed by atoms with E-state index < -0.39 is 50.5 Å². The number of aliphatic hydroxyl groups excluding tert-OH is 3. The van der Waals surface area contributed by atoms with Crippen LogP contribution in [0.2, 0.25) is 0 Å². The topological polar surface area (TPSA) is 171 Å². The number of phenols is 1. The van der Waals surface area contributed by atoms with Gasteiger partial charge in [-0.25, -0.2) is 0 Å². The zero-order valence-corrected chi connectivity index (χ0v) is 38.4. The summed E-state index contributed by atoms with van der Waals surface area (Å²) in [4.78, 5) is 32.3. The van der Waals surface area contributed by atoms with Crippen LogP contribution in [0.25, 0.3) is 0 Å². The highest BCUT2D eigenvalue weighted by atomic mass is 33.1. The van der Waals surface area contributed by atoms with Gasteiger partial charge in [0.05, 0.1) is 40.3 Å². The Bertz CT molecular complexity index is 2010. The first-order valence-electron chi connectivity index (χ1n) is 23.6. The van der Waals surface area contributed by atoms with Crippen molar-refractivity contribution in [3.05, 3.63) is 35.4 Å². The lowest BCUT2D eigenvalue weighted by molar-refractivity contribution is -0.213. The minimum atomic E-state index is -1.44. The molecule has 10 nitrogen and oxygen atoms in total. The molecular weight excluding hydrogens is 811 g/mol. The summed E-state index contributed by atoms with van der Waals surface area (Å²) >= 11 is 0. The number of carbonyl (C=O) groups is 2. The van der Waals surface area contributed by atoms with Crippen molar-refractivity contribution in [2.24, 2.45) is 62.6 Å². The first kappa shape index (κ1) is 43.3. The lowest BCUT2D eigenvalue weighted by atomic mass is 9.35. The van der Waals surface area contributed by atoms with E-state index in [4.69, 9.17) is 4.74 Å². The number of ketones is 1. The monoisotopic (exact) mass is 879 g/mol. The van der Waals surface area contributed by atoms with Crippen LogP contribution in [0.5, 0.6) is 5.75 Å². The number of aliphatic hydroxyl groups is 5. The van der Waals surface area contributed by atoms with E-state index in [9.17, 15) is 35.4 Å². The van der Waals surface area contributed by atoms with E-state index in [1.165, 1.54) is 0 Å². The highest BCUT2D eigenvalue weighted by molar-refractivity contribution is 8.76. The number of phenolic OH excluding ortho intramolecular Hbond substituents is 1. The molecular formula is C49H69NO9S2. The van der Waals surface area contributed by atoms with E-state index in [-0.39, 0.29) is 72.3 Å². The summed E-state index contributed by atoms with van der Waals surface area (Å²) in [7, 11) is 3.34. The molecule has 12 heteroatoms. The number of hydrogen-bond acceptors (Lipinski definition) is 11. The number of rotatable bonds is 5. The summed E-state index contributed by atoms with van der Waals surface area (Å²) < 4.78 is 6.39. The summed E-state index contributed by atoms with van der Waals surface area (Å²) in [5.41, 5.74) is -4.36. The van der Waals surface area contributed by atoms with Crippen LogP contribution in [-0.4, -0.2) is 103 Å². The lowest BCUT2D eigenvalue weighted by Crippen LogP contribution is -2.71. The third-order valence-corrected chi connectivity index (χ3v) is 22.9. The maximum atomic E-state index is 15.5. The molecule has 0 radical (unpaired) electrons. The molecule has 61 heavy (non-hydrogen) atoms. The largest absolute Gasteiger partial charge is 0.508 e. The van der Waals surface area contributed by atoms with Crippen LogP contribution in [0.15, 0.2) is 29.8 Å². The molecule has 7 fully saturated rings. The number of amides is 1. The van der Waals surface area contributed by atoms with Gasteiger partial charge in [0.1, 0.15) is 11.9 Å². The van der Waals surface area contributed by atoms with Crippen LogP contribution < -0.4 is 4.90 Å². The first-order valence-corrected chi connectivity index (χ1v) is 26.1. The van der Waals surface area contributed by atoms with Gasteiger partial charge < -0.3 is 40.3 Å². The number of carbonyl (C=O) groups excluding carboxylic acids is 2. The van der Waals surface area contributed by atoms with Crippen LogP contribution in [-0.2, 0) is 20.7 Å². The predicted molar refractivity (Wildman–Crippen MR) is 237 cm³/mol. The Morgan fingerprint density at radius 3 is 2.51 bits per heavy atom. The van der Waals surface area contributed by atoms with E-state index in [1.807, 2.05) is 17.9 Å². The Morgan fingerprint density at radius 2 is 1.75 bits per heavy atom. The summed E-state index contributed by atoms with van der Waals surface area (Å²) in [5.74, 6) is 0.882. The number of anilines is 1. The zero-order chi connectivity index (χ0) is 43.3. The van der Waals surface area contributed by atoms with Crippen LogP contribution in [0.3, 0.4) is 0 Å². The molecule has 5 aliphatic heterocycles.